The Morgan fingerprint density at radius 3 is 2.71 bits per heavy atom. The lowest BCUT2D eigenvalue weighted by atomic mass is 9.98. The van der Waals surface area contributed by atoms with Crippen molar-refractivity contribution in [2.24, 2.45) is 0 Å². The van der Waals surface area contributed by atoms with E-state index in [4.69, 9.17) is 0 Å². The second-order valence-electron chi connectivity index (χ2n) is 5.63. The second kappa shape index (κ2) is 6.50. The molecule has 0 aliphatic carbocycles. The number of carboxylic acids is 1. The monoisotopic (exact) mass is 385 g/mol. The number of aromatic nitrogens is 1. The number of benzene rings is 1. The summed E-state index contributed by atoms with van der Waals surface area (Å²) in [4.78, 5) is 16.6. The van der Waals surface area contributed by atoms with Gasteiger partial charge in [0.1, 0.15) is 0 Å². The highest BCUT2D eigenvalue weighted by molar-refractivity contribution is 9.10. The Balaban J connectivity index is 2.15. The SMILES string of the molecule is CC(C)(C)c1nc(CSc2cc(Br)ccc2C(=O)O)cs1. The minimum Gasteiger partial charge on any atom is -0.478 e. The van der Waals surface area contributed by atoms with E-state index >= 15 is 0 Å². The molecule has 1 heterocycles. The van der Waals surface area contributed by atoms with E-state index in [0.717, 1.165) is 20.1 Å². The summed E-state index contributed by atoms with van der Waals surface area (Å²) in [5.41, 5.74) is 1.37. The van der Waals surface area contributed by atoms with Gasteiger partial charge in [-0.3, -0.25) is 0 Å². The summed E-state index contributed by atoms with van der Waals surface area (Å²) in [6, 6.07) is 5.20. The number of halogens is 1. The van der Waals surface area contributed by atoms with Crippen LogP contribution >= 0.6 is 39.0 Å². The maximum absolute atomic E-state index is 11.2. The highest BCUT2D eigenvalue weighted by atomic mass is 79.9. The highest BCUT2D eigenvalue weighted by Crippen LogP contribution is 2.31. The smallest absolute Gasteiger partial charge is 0.336 e. The van der Waals surface area contributed by atoms with Gasteiger partial charge >= 0.3 is 5.97 Å². The van der Waals surface area contributed by atoms with Crippen LogP contribution in [-0.2, 0) is 11.2 Å². The topological polar surface area (TPSA) is 50.2 Å². The number of carboxylic acid groups (broad SMARTS) is 1. The van der Waals surface area contributed by atoms with Crippen LogP contribution in [0, 0.1) is 0 Å². The Morgan fingerprint density at radius 1 is 1.43 bits per heavy atom. The molecule has 6 heteroatoms. The lowest BCUT2D eigenvalue weighted by Gasteiger charge is -2.13. The van der Waals surface area contributed by atoms with E-state index in [9.17, 15) is 9.90 Å². The number of rotatable bonds is 4. The van der Waals surface area contributed by atoms with Gasteiger partial charge in [-0.05, 0) is 18.2 Å². The molecule has 112 valence electrons. The number of thiazole rings is 1. The van der Waals surface area contributed by atoms with Crippen molar-refractivity contribution < 1.29 is 9.90 Å². The first-order chi connectivity index (χ1) is 9.77. The Hall–Kier alpha value is -0.850. The first kappa shape index (κ1) is 16.5. The Bertz CT molecular complexity index is 662. The summed E-state index contributed by atoms with van der Waals surface area (Å²) < 4.78 is 0.878. The number of nitrogens with zero attached hydrogens (tertiary/aromatic N) is 1. The molecule has 0 saturated heterocycles. The van der Waals surface area contributed by atoms with E-state index < -0.39 is 5.97 Å². The average Bonchev–Trinajstić information content (AvgIpc) is 2.84. The van der Waals surface area contributed by atoms with Crippen molar-refractivity contribution in [1.29, 1.82) is 0 Å². The fourth-order valence-corrected chi connectivity index (χ4v) is 4.16. The Labute approximate surface area is 140 Å². The number of aromatic carboxylic acids is 1. The predicted octanol–water partition coefficient (Wildman–Crippen LogP) is 5.19. The van der Waals surface area contributed by atoms with Crippen molar-refractivity contribution in [3.8, 4) is 0 Å². The average molecular weight is 386 g/mol. The van der Waals surface area contributed by atoms with E-state index in [1.807, 2.05) is 11.4 Å². The molecule has 2 rings (SSSR count). The molecule has 0 amide bonds. The quantitative estimate of drug-likeness (QED) is 0.735. The van der Waals surface area contributed by atoms with Gasteiger partial charge in [-0.15, -0.1) is 23.1 Å². The zero-order valence-electron chi connectivity index (χ0n) is 12.0. The number of thioether (sulfide) groups is 1. The molecule has 0 aliphatic heterocycles. The summed E-state index contributed by atoms with van der Waals surface area (Å²) in [5, 5.41) is 12.4. The molecular formula is C15H16BrNO2S2. The van der Waals surface area contributed by atoms with Crippen molar-refractivity contribution in [3.05, 3.63) is 44.3 Å². The van der Waals surface area contributed by atoms with Gasteiger partial charge in [-0.1, -0.05) is 36.7 Å². The third-order valence-electron chi connectivity index (χ3n) is 2.74. The molecule has 21 heavy (non-hydrogen) atoms. The molecule has 2 aromatic rings. The summed E-state index contributed by atoms with van der Waals surface area (Å²) in [6.07, 6.45) is 0. The maximum Gasteiger partial charge on any atom is 0.336 e. The fraction of sp³-hybridized carbons (Fsp3) is 0.333. The van der Waals surface area contributed by atoms with Gasteiger partial charge in [0.15, 0.2) is 0 Å². The van der Waals surface area contributed by atoms with Gasteiger partial charge in [0.2, 0.25) is 0 Å². The lowest BCUT2D eigenvalue weighted by molar-refractivity contribution is 0.0693. The van der Waals surface area contributed by atoms with E-state index in [-0.39, 0.29) is 5.41 Å². The summed E-state index contributed by atoms with van der Waals surface area (Å²) in [5.74, 6) is -0.234. The van der Waals surface area contributed by atoms with Crippen molar-refractivity contribution >= 4 is 45.0 Å². The number of hydrogen-bond acceptors (Lipinski definition) is 4. The minimum absolute atomic E-state index is 0.0512. The van der Waals surface area contributed by atoms with Gasteiger partial charge in [-0.2, -0.15) is 0 Å². The van der Waals surface area contributed by atoms with Crippen LogP contribution in [0.1, 0.15) is 41.8 Å². The van der Waals surface area contributed by atoms with E-state index in [0.29, 0.717) is 11.3 Å². The van der Waals surface area contributed by atoms with Gasteiger partial charge in [0.25, 0.3) is 0 Å². The molecule has 0 bridgehead atoms. The lowest BCUT2D eigenvalue weighted by Crippen LogP contribution is -2.10. The molecule has 0 radical (unpaired) electrons. The van der Waals surface area contributed by atoms with Crippen LogP contribution in [0.4, 0.5) is 0 Å². The van der Waals surface area contributed by atoms with Crippen molar-refractivity contribution in [1.82, 2.24) is 4.98 Å². The third kappa shape index (κ3) is 4.31. The molecular weight excluding hydrogens is 370 g/mol. The normalized spacial score (nSPS) is 11.6. The van der Waals surface area contributed by atoms with Gasteiger partial charge in [0, 0.05) is 25.9 Å². The van der Waals surface area contributed by atoms with E-state index in [1.165, 1.54) is 11.8 Å². The summed E-state index contributed by atoms with van der Waals surface area (Å²) in [7, 11) is 0. The van der Waals surface area contributed by atoms with Crippen LogP contribution in [-0.4, -0.2) is 16.1 Å². The zero-order valence-corrected chi connectivity index (χ0v) is 15.2. The van der Waals surface area contributed by atoms with Crippen LogP contribution in [0.3, 0.4) is 0 Å². The van der Waals surface area contributed by atoms with Crippen LogP contribution in [0.5, 0.6) is 0 Å². The molecule has 1 N–H and O–H groups in total. The van der Waals surface area contributed by atoms with Crippen LogP contribution in [0.2, 0.25) is 0 Å². The predicted molar refractivity (Wildman–Crippen MR) is 91.5 cm³/mol. The van der Waals surface area contributed by atoms with Gasteiger partial charge < -0.3 is 5.11 Å². The minimum atomic E-state index is -0.904. The summed E-state index contributed by atoms with van der Waals surface area (Å²) >= 11 is 6.54. The first-order valence-corrected chi connectivity index (χ1v) is 9.04. The Kier molecular flexibility index (Phi) is 5.11. The van der Waals surface area contributed by atoms with Crippen LogP contribution in [0.25, 0.3) is 0 Å². The first-order valence-electron chi connectivity index (χ1n) is 6.38. The molecule has 0 unspecified atom stereocenters. The number of hydrogen-bond donors (Lipinski definition) is 1. The maximum atomic E-state index is 11.2. The summed E-state index contributed by atoms with van der Waals surface area (Å²) in [6.45, 7) is 6.42. The van der Waals surface area contributed by atoms with Crippen LogP contribution < -0.4 is 0 Å². The molecule has 0 saturated carbocycles. The molecule has 1 aromatic carbocycles. The third-order valence-corrected chi connectivity index (χ3v) is 5.64. The zero-order chi connectivity index (χ0) is 15.6. The van der Waals surface area contributed by atoms with E-state index in [1.54, 1.807) is 23.5 Å². The van der Waals surface area contributed by atoms with Crippen LogP contribution in [0.15, 0.2) is 32.9 Å². The molecule has 0 spiro atoms. The van der Waals surface area contributed by atoms with Crippen molar-refractivity contribution in [2.45, 2.75) is 36.8 Å². The Morgan fingerprint density at radius 2 is 2.14 bits per heavy atom. The number of carbonyl (C=O) groups is 1. The standard InChI is InChI=1S/C15H16BrNO2S2/c1-15(2,3)14-17-10(8-21-14)7-20-12-6-9(16)4-5-11(12)13(18)19/h4-6,8H,7H2,1-3H3,(H,18,19). The molecule has 0 aliphatic rings. The van der Waals surface area contributed by atoms with Crippen molar-refractivity contribution in [2.75, 3.05) is 0 Å². The molecule has 1 aromatic heterocycles. The fourth-order valence-electron chi connectivity index (χ4n) is 1.66. The molecule has 0 atom stereocenters. The van der Waals surface area contributed by atoms with Gasteiger partial charge in [0.05, 0.1) is 16.3 Å². The molecule has 0 fully saturated rings. The van der Waals surface area contributed by atoms with Crippen molar-refractivity contribution in [3.63, 3.8) is 0 Å². The largest absolute Gasteiger partial charge is 0.478 e. The molecule has 3 nitrogen and oxygen atoms in total. The second-order valence-corrected chi connectivity index (χ2v) is 8.42. The van der Waals surface area contributed by atoms with E-state index in [2.05, 4.69) is 41.7 Å². The highest BCUT2D eigenvalue weighted by Gasteiger charge is 2.18. The van der Waals surface area contributed by atoms with Gasteiger partial charge in [-0.25, -0.2) is 9.78 Å².